The Balaban J connectivity index is 1.33. The molecule has 0 radical (unpaired) electrons. The summed E-state index contributed by atoms with van der Waals surface area (Å²) >= 11 is 0. The van der Waals surface area contributed by atoms with Crippen molar-refractivity contribution in [1.29, 1.82) is 0 Å². The Labute approximate surface area is 186 Å². The lowest BCUT2D eigenvalue weighted by Crippen LogP contribution is -2.67. The van der Waals surface area contributed by atoms with Crippen LogP contribution in [0.15, 0.2) is 60.7 Å². The minimum atomic E-state index is -0.946. The Hall–Kier alpha value is -1.72. The summed E-state index contributed by atoms with van der Waals surface area (Å²) in [5, 5.41) is 12.4. The fraction of sp³-hybridized carbons (Fsp3) is 0.556. The number of aliphatic hydroxyl groups is 1. The van der Waals surface area contributed by atoms with Gasteiger partial charge in [-0.15, -0.1) is 0 Å². The number of hydrogen-bond donors (Lipinski definition) is 1. The second kappa shape index (κ2) is 8.67. The van der Waals surface area contributed by atoms with Gasteiger partial charge in [0.05, 0.1) is 26.2 Å². The maximum absolute atomic E-state index is 12.4. The first-order chi connectivity index (χ1) is 15.2. The molecule has 2 aromatic rings. The molecule has 4 heterocycles. The normalized spacial score (nSPS) is 30.9. The van der Waals surface area contributed by atoms with Gasteiger partial charge in [0.25, 0.3) is 0 Å². The molecule has 0 aliphatic carbocycles. The molecule has 166 valence electrons. The van der Waals surface area contributed by atoms with Crippen LogP contribution >= 0.6 is 0 Å². The zero-order valence-corrected chi connectivity index (χ0v) is 18.5. The quantitative estimate of drug-likeness (QED) is 0.670. The highest BCUT2D eigenvalue weighted by molar-refractivity contribution is 5.39. The molecule has 0 spiro atoms. The Bertz CT molecular complexity index is 783. The predicted octanol–water partition coefficient (Wildman–Crippen LogP) is 4.47. The second-order valence-electron chi connectivity index (χ2n) is 9.88. The standard InChI is InChI=1S/C27H36NO3/c29-27(23-9-3-1-4-10-23,24-11-5-2-6-12-24)26-14-17-28(18-15-26,19-16-26)20-22-31-25-13-7-8-21-30-25/h1-6,9-12,25,29H,7-8,13-22H2/q+1. The fourth-order valence-corrected chi connectivity index (χ4v) is 6.30. The average Bonchev–Trinajstić information content (AvgIpc) is 2.86. The predicted molar refractivity (Wildman–Crippen MR) is 121 cm³/mol. The lowest BCUT2D eigenvalue weighted by molar-refractivity contribution is -0.946. The minimum Gasteiger partial charge on any atom is -0.380 e. The van der Waals surface area contributed by atoms with E-state index < -0.39 is 5.60 Å². The van der Waals surface area contributed by atoms with E-state index in [1.165, 1.54) is 6.42 Å². The monoisotopic (exact) mass is 422 g/mol. The van der Waals surface area contributed by atoms with Crippen LogP contribution in [0.4, 0.5) is 0 Å². The average molecular weight is 423 g/mol. The first-order valence-corrected chi connectivity index (χ1v) is 12.1. The minimum absolute atomic E-state index is 0.00174. The first kappa shape index (κ1) is 21.1. The Morgan fingerprint density at radius 2 is 1.48 bits per heavy atom. The van der Waals surface area contributed by atoms with E-state index >= 15 is 0 Å². The van der Waals surface area contributed by atoms with E-state index in [1.807, 2.05) is 12.1 Å². The van der Waals surface area contributed by atoms with Crippen LogP contribution in [-0.2, 0) is 15.1 Å². The molecular weight excluding hydrogens is 386 g/mol. The van der Waals surface area contributed by atoms with Crippen molar-refractivity contribution in [1.82, 2.24) is 0 Å². The number of benzene rings is 2. The fourth-order valence-electron chi connectivity index (χ4n) is 6.30. The lowest BCUT2D eigenvalue weighted by Gasteiger charge is -2.60. The van der Waals surface area contributed by atoms with Crippen molar-refractivity contribution in [3.8, 4) is 0 Å². The summed E-state index contributed by atoms with van der Waals surface area (Å²) in [5.41, 5.74) is 1.00. The molecule has 6 rings (SSSR count). The van der Waals surface area contributed by atoms with Crippen molar-refractivity contribution >= 4 is 0 Å². The summed E-state index contributed by atoms with van der Waals surface area (Å²) in [7, 11) is 0. The third-order valence-corrected chi connectivity index (χ3v) is 8.35. The molecule has 2 aromatic carbocycles. The van der Waals surface area contributed by atoms with Crippen molar-refractivity contribution in [2.75, 3.05) is 39.4 Å². The maximum atomic E-state index is 12.4. The summed E-state index contributed by atoms with van der Waals surface area (Å²) < 4.78 is 12.9. The van der Waals surface area contributed by atoms with Gasteiger partial charge >= 0.3 is 0 Å². The zero-order chi connectivity index (χ0) is 21.2. The van der Waals surface area contributed by atoms with Crippen LogP contribution in [0.25, 0.3) is 0 Å². The topological polar surface area (TPSA) is 38.7 Å². The maximum Gasteiger partial charge on any atom is 0.157 e. The van der Waals surface area contributed by atoms with E-state index in [4.69, 9.17) is 9.47 Å². The smallest absolute Gasteiger partial charge is 0.157 e. The third kappa shape index (κ3) is 3.84. The van der Waals surface area contributed by atoms with E-state index in [0.29, 0.717) is 0 Å². The van der Waals surface area contributed by atoms with Crippen LogP contribution in [0.2, 0.25) is 0 Å². The number of quaternary nitrogens is 1. The molecule has 4 aliphatic rings. The molecule has 4 aliphatic heterocycles. The van der Waals surface area contributed by atoms with E-state index in [1.54, 1.807) is 0 Å². The summed E-state index contributed by atoms with van der Waals surface area (Å²) in [6.45, 7) is 6.04. The molecule has 2 bridgehead atoms. The van der Waals surface area contributed by atoms with Gasteiger partial charge in [0.2, 0.25) is 0 Å². The van der Waals surface area contributed by atoms with Crippen molar-refractivity contribution in [2.24, 2.45) is 5.41 Å². The highest BCUT2D eigenvalue weighted by Crippen LogP contribution is 2.57. The molecule has 0 aromatic heterocycles. The molecule has 1 atom stereocenters. The van der Waals surface area contributed by atoms with Gasteiger partial charge < -0.3 is 19.1 Å². The molecule has 4 heteroatoms. The number of nitrogens with zero attached hydrogens (tertiary/aromatic N) is 1. The van der Waals surface area contributed by atoms with Crippen molar-refractivity contribution in [3.63, 3.8) is 0 Å². The summed E-state index contributed by atoms with van der Waals surface area (Å²) in [4.78, 5) is 0. The summed E-state index contributed by atoms with van der Waals surface area (Å²) in [6, 6.07) is 20.7. The van der Waals surface area contributed by atoms with Gasteiger partial charge in [-0.05, 0) is 30.4 Å². The van der Waals surface area contributed by atoms with Crippen molar-refractivity contribution in [2.45, 2.75) is 50.4 Å². The van der Waals surface area contributed by atoms with Gasteiger partial charge in [0, 0.05) is 31.3 Å². The highest BCUT2D eigenvalue weighted by atomic mass is 16.7. The second-order valence-corrected chi connectivity index (χ2v) is 9.88. The molecule has 4 fully saturated rings. The van der Waals surface area contributed by atoms with Crippen LogP contribution in [-0.4, -0.2) is 55.3 Å². The number of hydrogen-bond acceptors (Lipinski definition) is 3. The van der Waals surface area contributed by atoms with E-state index in [0.717, 1.165) is 87.1 Å². The molecule has 4 saturated heterocycles. The lowest BCUT2D eigenvalue weighted by atomic mass is 9.56. The van der Waals surface area contributed by atoms with Crippen LogP contribution < -0.4 is 0 Å². The number of ether oxygens (including phenoxy) is 2. The zero-order valence-electron chi connectivity index (χ0n) is 18.5. The molecular formula is C27H36NO3+. The van der Waals surface area contributed by atoms with Gasteiger partial charge in [-0.1, -0.05) is 60.7 Å². The summed E-state index contributed by atoms with van der Waals surface area (Å²) in [5.74, 6) is 0. The molecule has 4 nitrogen and oxygen atoms in total. The molecule has 1 N–H and O–H groups in total. The van der Waals surface area contributed by atoms with Crippen molar-refractivity contribution < 1.29 is 19.1 Å². The van der Waals surface area contributed by atoms with Gasteiger partial charge in [0.15, 0.2) is 6.29 Å². The van der Waals surface area contributed by atoms with Gasteiger partial charge in [0.1, 0.15) is 12.1 Å². The summed E-state index contributed by atoms with van der Waals surface area (Å²) in [6.07, 6.45) is 6.55. The molecule has 1 unspecified atom stereocenters. The molecule has 0 saturated carbocycles. The van der Waals surface area contributed by atoms with Crippen LogP contribution in [0.1, 0.15) is 49.7 Å². The van der Waals surface area contributed by atoms with Gasteiger partial charge in [-0.2, -0.15) is 0 Å². The van der Waals surface area contributed by atoms with Crippen LogP contribution in [0, 0.1) is 5.41 Å². The van der Waals surface area contributed by atoms with Gasteiger partial charge in [-0.3, -0.25) is 0 Å². The van der Waals surface area contributed by atoms with E-state index in [2.05, 4.69) is 48.5 Å². The molecule has 0 amide bonds. The van der Waals surface area contributed by atoms with Crippen LogP contribution in [0.5, 0.6) is 0 Å². The number of rotatable bonds is 7. The Morgan fingerprint density at radius 3 is 2.00 bits per heavy atom. The number of piperidine rings is 3. The van der Waals surface area contributed by atoms with E-state index in [9.17, 15) is 5.11 Å². The number of fused-ring (bicyclic) bond motifs is 3. The third-order valence-electron chi connectivity index (χ3n) is 8.35. The first-order valence-electron chi connectivity index (χ1n) is 12.1. The van der Waals surface area contributed by atoms with Gasteiger partial charge in [-0.25, -0.2) is 0 Å². The highest BCUT2D eigenvalue weighted by Gasteiger charge is 2.60. The largest absolute Gasteiger partial charge is 0.380 e. The molecule has 31 heavy (non-hydrogen) atoms. The van der Waals surface area contributed by atoms with Crippen molar-refractivity contribution in [3.05, 3.63) is 71.8 Å². The van der Waals surface area contributed by atoms with E-state index in [-0.39, 0.29) is 11.7 Å². The Kier molecular flexibility index (Phi) is 5.91. The van der Waals surface area contributed by atoms with Crippen LogP contribution in [0.3, 0.4) is 0 Å². The Morgan fingerprint density at radius 1 is 0.903 bits per heavy atom. The SMILES string of the molecule is OC(c1ccccc1)(c1ccccc1)C12CC[N+](CCOC3CCCCO3)(CC1)CC2.